The van der Waals surface area contributed by atoms with Gasteiger partial charge in [-0.1, -0.05) is 0 Å². The monoisotopic (exact) mass is 421 g/mol. The van der Waals surface area contributed by atoms with E-state index in [1.165, 1.54) is 66.7 Å². The second kappa shape index (κ2) is 8.06. The summed E-state index contributed by atoms with van der Waals surface area (Å²) in [5.74, 6) is -1.24. The lowest BCUT2D eigenvalue weighted by Gasteiger charge is -2.36. The summed E-state index contributed by atoms with van der Waals surface area (Å²) in [5, 5.41) is 10.9. The maximum Gasteiger partial charge on any atom is 0.269 e. The standard InChI is InChI=1S/C23H17F2N3O3/c1-14-12-21(26-18-7-9-19(10-8-18)28(30)31)20-13-17(25)6-11-22(20)27(14)23(29)15-2-4-16(24)5-3-15/h2-11,13-14H,12H2,1H3. The number of hydrogen-bond acceptors (Lipinski definition) is 4. The molecule has 3 aromatic rings. The zero-order chi connectivity index (χ0) is 22.1. The molecule has 0 bridgehead atoms. The average molecular weight is 421 g/mol. The van der Waals surface area contributed by atoms with E-state index in [1.54, 1.807) is 4.90 Å². The van der Waals surface area contributed by atoms with Gasteiger partial charge in [-0.3, -0.25) is 19.9 Å². The molecule has 0 aromatic heterocycles. The molecule has 1 aliphatic rings. The lowest BCUT2D eigenvalue weighted by Crippen LogP contribution is -2.44. The van der Waals surface area contributed by atoms with Gasteiger partial charge in [0.2, 0.25) is 0 Å². The highest BCUT2D eigenvalue weighted by Gasteiger charge is 2.32. The quantitative estimate of drug-likeness (QED) is 0.418. The van der Waals surface area contributed by atoms with Crippen molar-refractivity contribution in [3.63, 3.8) is 0 Å². The lowest BCUT2D eigenvalue weighted by molar-refractivity contribution is -0.384. The third kappa shape index (κ3) is 4.05. The van der Waals surface area contributed by atoms with E-state index in [4.69, 9.17) is 0 Å². The van der Waals surface area contributed by atoms with Crippen molar-refractivity contribution in [2.45, 2.75) is 19.4 Å². The smallest absolute Gasteiger partial charge is 0.269 e. The van der Waals surface area contributed by atoms with Crippen molar-refractivity contribution in [1.29, 1.82) is 0 Å². The summed E-state index contributed by atoms with van der Waals surface area (Å²) < 4.78 is 27.3. The van der Waals surface area contributed by atoms with Crippen LogP contribution in [0, 0.1) is 21.7 Å². The number of non-ortho nitro benzene ring substituents is 1. The van der Waals surface area contributed by atoms with Crippen LogP contribution in [0.2, 0.25) is 0 Å². The van der Waals surface area contributed by atoms with Gasteiger partial charge >= 0.3 is 0 Å². The fourth-order valence-corrected chi connectivity index (χ4v) is 3.62. The van der Waals surface area contributed by atoms with E-state index in [2.05, 4.69) is 4.99 Å². The minimum atomic E-state index is -0.497. The SMILES string of the molecule is CC1CC(=Nc2ccc([N+](=O)[O-])cc2)c2cc(F)ccc2N1C(=O)c1ccc(F)cc1. The van der Waals surface area contributed by atoms with E-state index in [0.29, 0.717) is 34.6 Å². The number of carbonyl (C=O) groups excluding carboxylic acids is 1. The number of anilines is 1. The molecular weight excluding hydrogens is 404 g/mol. The zero-order valence-corrected chi connectivity index (χ0v) is 16.5. The van der Waals surface area contributed by atoms with Crippen molar-refractivity contribution in [3.8, 4) is 0 Å². The number of halogens is 2. The number of rotatable bonds is 3. The van der Waals surface area contributed by atoms with Gasteiger partial charge in [0.1, 0.15) is 11.6 Å². The number of nitro benzene ring substituents is 1. The van der Waals surface area contributed by atoms with E-state index in [-0.39, 0.29) is 17.6 Å². The molecule has 0 saturated heterocycles. The van der Waals surface area contributed by atoms with Crippen molar-refractivity contribution < 1.29 is 18.5 Å². The Morgan fingerprint density at radius 3 is 2.32 bits per heavy atom. The Morgan fingerprint density at radius 2 is 1.68 bits per heavy atom. The Labute approximate surface area is 176 Å². The highest BCUT2D eigenvalue weighted by Crippen LogP contribution is 2.34. The first kappa shape index (κ1) is 20.3. The zero-order valence-electron chi connectivity index (χ0n) is 16.5. The van der Waals surface area contributed by atoms with Gasteiger partial charge in [0.05, 0.1) is 22.0 Å². The molecule has 1 amide bonds. The van der Waals surface area contributed by atoms with E-state index in [0.717, 1.165) is 0 Å². The molecule has 31 heavy (non-hydrogen) atoms. The molecule has 1 unspecified atom stereocenters. The molecule has 0 radical (unpaired) electrons. The van der Waals surface area contributed by atoms with Crippen LogP contribution in [0.25, 0.3) is 0 Å². The number of nitro groups is 1. The van der Waals surface area contributed by atoms with E-state index in [9.17, 15) is 23.7 Å². The molecule has 1 heterocycles. The van der Waals surface area contributed by atoms with Crippen LogP contribution >= 0.6 is 0 Å². The van der Waals surface area contributed by atoms with Crippen LogP contribution in [0.5, 0.6) is 0 Å². The minimum absolute atomic E-state index is 0.0523. The Bertz CT molecular complexity index is 1190. The molecule has 1 atom stereocenters. The number of amides is 1. The normalized spacial score (nSPS) is 16.8. The molecule has 0 fully saturated rings. The first-order valence-corrected chi connectivity index (χ1v) is 9.54. The molecular formula is C23H17F2N3O3. The van der Waals surface area contributed by atoms with Crippen molar-refractivity contribution >= 4 is 28.7 Å². The Balaban J connectivity index is 1.76. The van der Waals surface area contributed by atoms with Crippen LogP contribution < -0.4 is 4.90 Å². The topological polar surface area (TPSA) is 75.8 Å². The molecule has 8 heteroatoms. The van der Waals surface area contributed by atoms with Gasteiger partial charge in [0, 0.05) is 35.7 Å². The summed E-state index contributed by atoms with van der Waals surface area (Å²) in [6.45, 7) is 1.85. The van der Waals surface area contributed by atoms with Crippen LogP contribution in [0.3, 0.4) is 0 Å². The summed E-state index contributed by atoms with van der Waals surface area (Å²) in [4.78, 5) is 29.6. The minimum Gasteiger partial charge on any atom is -0.305 e. The predicted molar refractivity (Wildman–Crippen MR) is 113 cm³/mol. The number of fused-ring (bicyclic) bond motifs is 1. The molecule has 4 rings (SSSR count). The molecule has 0 aliphatic carbocycles. The third-order valence-corrected chi connectivity index (χ3v) is 5.09. The van der Waals surface area contributed by atoms with Gasteiger partial charge in [0.15, 0.2) is 0 Å². The van der Waals surface area contributed by atoms with Gasteiger partial charge in [-0.2, -0.15) is 0 Å². The number of aliphatic imine (C=N–C) groups is 1. The average Bonchev–Trinajstić information content (AvgIpc) is 2.75. The molecule has 3 aromatic carbocycles. The fourth-order valence-electron chi connectivity index (χ4n) is 3.62. The summed E-state index contributed by atoms with van der Waals surface area (Å²) >= 11 is 0. The molecule has 0 N–H and O–H groups in total. The summed E-state index contributed by atoms with van der Waals surface area (Å²) in [5.41, 5.74) is 2.28. The molecule has 156 valence electrons. The molecule has 1 aliphatic heterocycles. The molecule has 0 spiro atoms. The van der Waals surface area contributed by atoms with E-state index >= 15 is 0 Å². The largest absolute Gasteiger partial charge is 0.305 e. The van der Waals surface area contributed by atoms with Crippen molar-refractivity contribution in [3.05, 3.63) is 99.6 Å². The number of hydrogen-bond donors (Lipinski definition) is 0. The first-order chi connectivity index (χ1) is 14.8. The van der Waals surface area contributed by atoms with Crippen LogP contribution in [-0.4, -0.2) is 22.6 Å². The second-order valence-electron chi connectivity index (χ2n) is 7.23. The van der Waals surface area contributed by atoms with Crippen LogP contribution in [0.1, 0.15) is 29.3 Å². The second-order valence-corrected chi connectivity index (χ2v) is 7.23. The molecule has 0 saturated carbocycles. The van der Waals surface area contributed by atoms with Crippen LogP contribution in [0.4, 0.5) is 25.8 Å². The number of carbonyl (C=O) groups is 1. The summed E-state index contributed by atoms with van der Waals surface area (Å²) in [6.07, 6.45) is 0.348. The van der Waals surface area contributed by atoms with Gasteiger partial charge in [-0.25, -0.2) is 8.78 Å². The number of benzene rings is 3. The molecule has 6 nitrogen and oxygen atoms in total. The van der Waals surface area contributed by atoms with Gasteiger partial charge < -0.3 is 4.90 Å². The van der Waals surface area contributed by atoms with Gasteiger partial charge in [-0.15, -0.1) is 0 Å². The maximum absolute atomic E-state index is 14.1. The highest BCUT2D eigenvalue weighted by molar-refractivity contribution is 6.15. The van der Waals surface area contributed by atoms with E-state index < -0.39 is 16.6 Å². The lowest BCUT2D eigenvalue weighted by atomic mass is 9.93. The van der Waals surface area contributed by atoms with Crippen molar-refractivity contribution in [2.24, 2.45) is 4.99 Å². The number of nitrogens with zero attached hydrogens (tertiary/aromatic N) is 3. The summed E-state index contributed by atoms with van der Waals surface area (Å²) in [6, 6.07) is 14.8. The Hall–Kier alpha value is -3.94. The van der Waals surface area contributed by atoms with Crippen LogP contribution in [0.15, 0.2) is 71.7 Å². The first-order valence-electron chi connectivity index (χ1n) is 9.54. The van der Waals surface area contributed by atoms with Gasteiger partial charge in [-0.05, 0) is 61.5 Å². The van der Waals surface area contributed by atoms with Crippen molar-refractivity contribution in [1.82, 2.24) is 0 Å². The predicted octanol–water partition coefficient (Wildman–Crippen LogP) is 5.43. The Kier molecular flexibility index (Phi) is 5.29. The van der Waals surface area contributed by atoms with E-state index in [1.807, 2.05) is 6.92 Å². The van der Waals surface area contributed by atoms with Gasteiger partial charge in [0.25, 0.3) is 11.6 Å². The Morgan fingerprint density at radius 1 is 1.03 bits per heavy atom. The van der Waals surface area contributed by atoms with Crippen LogP contribution in [-0.2, 0) is 0 Å². The summed E-state index contributed by atoms with van der Waals surface area (Å²) in [7, 11) is 0. The maximum atomic E-state index is 14.1. The fraction of sp³-hybridized carbons (Fsp3) is 0.130. The third-order valence-electron chi connectivity index (χ3n) is 5.09. The van der Waals surface area contributed by atoms with Crippen molar-refractivity contribution in [2.75, 3.05) is 4.90 Å². The highest BCUT2D eigenvalue weighted by atomic mass is 19.1.